The number of hydrogen-bond acceptors (Lipinski definition) is 5. The summed E-state index contributed by atoms with van der Waals surface area (Å²) in [6, 6.07) is 12.1. The number of ether oxygens (including phenoxy) is 1. The van der Waals surface area contributed by atoms with Gasteiger partial charge in [0.05, 0.1) is 6.42 Å². The number of likely N-dealkylation sites (N-methyl/N-ethyl adjacent to an activating group) is 1. The highest BCUT2D eigenvalue weighted by Crippen LogP contribution is 2.26. The molecule has 0 saturated heterocycles. The molecule has 0 aromatic heterocycles. The number of alkyl carbamates (subject to hydrolysis) is 1. The number of nitrogens with one attached hydrogen (secondary N) is 2. The van der Waals surface area contributed by atoms with Crippen LogP contribution in [0.15, 0.2) is 48.5 Å². The fourth-order valence-corrected chi connectivity index (χ4v) is 3.61. The number of nitrogens with zero attached hydrogens (tertiary/aromatic N) is 1. The zero-order chi connectivity index (χ0) is 26.3. The van der Waals surface area contributed by atoms with E-state index in [1.165, 1.54) is 11.9 Å². The Hall–Kier alpha value is -3.88. The summed E-state index contributed by atoms with van der Waals surface area (Å²) in [5, 5.41) is 5.34. The summed E-state index contributed by atoms with van der Waals surface area (Å²) in [6.07, 6.45) is -1.33. The lowest BCUT2D eigenvalue weighted by Crippen LogP contribution is -2.52. The second kappa shape index (κ2) is 11.5. The van der Waals surface area contributed by atoms with Gasteiger partial charge in [0, 0.05) is 12.7 Å². The van der Waals surface area contributed by atoms with E-state index >= 15 is 0 Å². The maximum atomic E-state index is 13.5. The maximum Gasteiger partial charge on any atom is 0.408 e. The van der Waals surface area contributed by atoms with Gasteiger partial charge in [-0.25, -0.2) is 4.79 Å². The third-order valence-corrected chi connectivity index (χ3v) is 5.22. The topological polar surface area (TPSA) is 131 Å². The van der Waals surface area contributed by atoms with Gasteiger partial charge in [-0.2, -0.15) is 0 Å². The predicted octanol–water partition coefficient (Wildman–Crippen LogP) is 3.21. The molecule has 0 radical (unpaired) electrons. The van der Waals surface area contributed by atoms with Crippen LogP contribution in [0, 0.1) is 13.8 Å². The van der Waals surface area contributed by atoms with Crippen molar-refractivity contribution in [2.75, 3.05) is 12.4 Å². The normalized spacial score (nSPS) is 12.7. The largest absolute Gasteiger partial charge is 0.444 e. The van der Waals surface area contributed by atoms with Gasteiger partial charge in [-0.1, -0.05) is 48.5 Å². The van der Waals surface area contributed by atoms with Crippen LogP contribution in [-0.4, -0.2) is 47.4 Å². The molecule has 0 aliphatic rings. The van der Waals surface area contributed by atoms with Crippen molar-refractivity contribution in [1.82, 2.24) is 10.2 Å². The van der Waals surface area contributed by atoms with Crippen LogP contribution in [0.1, 0.15) is 49.9 Å². The average molecular weight is 483 g/mol. The van der Waals surface area contributed by atoms with E-state index in [0.717, 1.165) is 11.1 Å². The van der Waals surface area contributed by atoms with Gasteiger partial charge in [-0.3, -0.25) is 14.4 Å². The number of carbonyl (C=O) groups excluding carboxylic acids is 4. The van der Waals surface area contributed by atoms with Crippen molar-refractivity contribution in [3.05, 3.63) is 65.2 Å². The first-order valence-electron chi connectivity index (χ1n) is 11.3. The molecular weight excluding hydrogens is 448 g/mol. The zero-order valence-electron chi connectivity index (χ0n) is 21.0. The van der Waals surface area contributed by atoms with Crippen LogP contribution in [0.4, 0.5) is 10.5 Å². The van der Waals surface area contributed by atoms with Gasteiger partial charge in [0.15, 0.2) is 0 Å². The van der Waals surface area contributed by atoms with Gasteiger partial charge >= 0.3 is 6.09 Å². The lowest BCUT2D eigenvalue weighted by molar-refractivity contribution is -0.140. The zero-order valence-corrected chi connectivity index (χ0v) is 21.0. The van der Waals surface area contributed by atoms with Gasteiger partial charge in [-0.05, 0) is 51.3 Å². The number of benzene rings is 2. The second-order valence-electron chi connectivity index (χ2n) is 9.39. The molecule has 2 rings (SSSR count). The van der Waals surface area contributed by atoms with Crippen LogP contribution in [0.2, 0.25) is 0 Å². The summed E-state index contributed by atoms with van der Waals surface area (Å²) < 4.78 is 5.23. The lowest BCUT2D eigenvalue weighted by atomic mass is 10.0. The van der Waals surface area contributed by atoms with Gasteiger partial charge in [0.2, 0.25) is 11.8 Å². The number of carbonyl (C=O) groups is 4. The number of hydrogen-bond donors (Lipinski definition) is 3. The highest BCUT2D eigenvalue weighted by Gasteiger charge is 2.35. The van der Waals surface area contributed by atoms with Crippen molar-refractivity contribution in [3.8, 4) is 0 Å². The predicted molar refractivity (Wildman–Crippen MR) is 133 cm³/mol. The van der Waals surface area contributed by atoms with Gasteiger partial charge < -0.3 is 26.0 Å². The Morgan fingerprint density at radius 3 is 2.06 bits per heavy atom. The molecule has 0 aliphatic carbocycles. The summed E-state index contributed by atoms with van der Waals surface area (Å²) in [7, 11) is 1.44. The molecule has 188 valence electrons. The molecule has 4 amide bonds. The monoisotopic (exact) mass is 482 g/mol. The van der Waals surface area contributed by atoms with E-state index in [0.29, 0.717) is 11.3 Å². The minimum Gasteiger partial charge on any atom is -0.444 e. The Morgan fingerprint density at radius 2 is 1.54 bits per heavy atom. The van der Waals surface area contributed by atoms with Crippen molar-refractivity contribution in [1.29, 1.82) is 0 Å². The summed E-state index contributed by atoms with van der Waals surface area (Å²) >= 11 is 0. The van der Waals surface area contributed by atoms with E-state index < -0.39 is 47.9 Å². The molecule has 2 aromatic carbocycles. The third kappa shape index (κ3) is 7.84. The SMILES string of the molecule is Cc1cccc(C)c1NC(=O)C(c1ccccc1)N(C)C(=O)C(CC(N)=O)NC(=O)OC(C)(C)C. The molecule has 9 heteroatoms. The third-order valence-electron chi connectivity index (χ3n) is 5.22. The highest BCUT2D eigenvalue weighted by atomic mass is 16.6. The van der Waals surface area contributed by atoms with Crippen LogP contribution in [-0.2, 0) is 19.1 Å². The Labute approximate surface area is 206 Å². The first kappa shape index (κ1) is 27.4. The second-order valence-corrected chi connectivity index (χ2v) is 9.39. The Morgan fingerprint density at radius 1 is 0.971 bits per heavy atom. The maximum absolute atomic E-state index is 13.5. The minimum atomic E-state index is -1.31. The molecule has 2 unspecified atom stereocenters. The number of nitrogens with two attached hydrogens (primary N) is 1. The Bertz CT molecular complexity index is 1060. The van der Waals surface area contributed by atoms with Gasteiger partial charge in [-0.15, -0.1) is 0 Å². The fraction of sp³-hybridized carbons (Fsp3) is 0.385. The molecule has 0 heterocycles. The number of aryl methyl sites for hydroxylation is 2. The fourth-order valence-electron chi connectivity index (χ4n) is 3.61. The first-order chi connectivity index (χ1) is 16.3. The molecular formula is C26H34N4O5. The number of amides is 4. The summed E-state index contributed by atoms with van der Waals surface area (Å²) in [5.41, 5.74) is 7.48. The summed E-state index contributed by atoms with van der Waals surface area (Å²) in [4.78, 5) is 52.2. The van der Waals surface area contributed by atoms with Crippen molar-refractivity contribution >= 4 is 29.5 Å². The number of anilines is 1. The lowest BCUT2D eigenvalue weighted by Gasteiger charge is -2.31. The molecule has 0 saturated carbocycles. The average Bonchev–Trinajstić information content (AvgIpc) is 2.74. The molecule has 35 heavy (non-hydrogen) atoms. The van der Waals surface area contributed by atoms with E-state index in [4.69, 9.17) is 10.5 Å². The van der Waals surface area contributed by atoms with Crippen LogP contribution in [0.3, 0.4) is 0 Å². The van der Waals surface area contributed by atoms with E-state index in [1.807, 2.05) is 32.0 Å². The van der Waals surface area contributed by atoms with Crippen LogP contribution in [0.5, 0.6) is 0 Å². The van der Waals surface area contributed by atoms with Gasteiger partial charge in [0.25, 0.3) is 5.91 Å². The number of rotatable bonds is 8. The van der Waals surface area contributed by atoms with Crippen molar-refractivity contribution in [3.63, 3.8) is 0 Å². The van der Waals surface area contributed by atoms with E-state index in [2.05, 4.69) is 10.6 Å². The molecule has 0 aliphatic heterocycles. The standard InChI is InChI=1S/C26H34N4O5/c1-16-11-10-12-17(2)21(16)29-23(32)22(18-13-8-7-9-14-18)30(6)24(33)19(15-20(27)31)28-25(34)35-26(3,4)5/h7-14,19,22H,15H2,1-6H3,(H2,27,31)(H,28,34)(H,29,32). The van der Waals surface area contributed by atoms with Crippen molar-refractivity contribution < 1.29 is 23.9 Å². The smallest absolute Gasteiger partial charge is 0.408 e. The summed E-state index contributed by atoms with van der Waals surface area (Å²) in [5.74, 6) is -1.90. The van der Waals surface area contributed by atoms with Gasteiger partial charge in [0.1, 0.15) is 17.7 Å². The molecule has 0 spiro atoms. The van der Waals surface area contributed by atoms with E-state index in [9.17, 15) is 19.2 Å². The minimum absolute atomic E-state index is 0.445. The van der Waals surface area contributed by atoms with Crippen LogP contribution in [0.25, 0.3) is 0 Å². The van der Waals surface area contributed by atoms with E-state index in [1.54, 1.807) is 51.1 Å². The van der Waals surface area contributed by atoms with Crippen molar-refractivity contribution in [2.45, 2.75) is 58.7 Å². The van der Waals surface area contributed by atoms with Crippen LogP contribution < -0.4 is 16.4 Å². The summed E-state index contributed by atoms with van der Waals surface area (Å²) in [6.45, 7) is 8.78. The first-order valence-corrected chi connectivity index (χ1v) is 11.3. The number of primary amides is 1. The van der Waals surface area contributed by atoms with Crippen molar-refractivity contribution in [2.24, 2.45) is 5.73 Å². The number of para-hydroxylation sites is 1. The Kier molecular flexibility index (Phi) is 8.99. The Balaban J connectivity index is 2.38. The van der Waals surface area contributed by atoms with E-state index in [-0.39, 0.29) is 0 Å². The molecule has 9 nitrogen and oxygen atoms in total. The molecule has 2 atom stereocenters. The molecule has 0 bridgehead atoms. The molecule has 0 fully saturated rings. The molecule has 4 N–H and O–H groups in total. The quantitative estimate of drug-likeness (QED) is 0.532. The molecule has 2 aromatic rings. The van der Waals surface area contributed by atoms with Crippen LogP contribution >= 0.6 is 0 Å². The highest BCUT2D eigenvalue weighted by molar-refractivity contribution is 6.00.